The third-order valence-corrected chi connectivity index (χ3v) is 6.19. The molecular formula is C16H23N3O4S. The van der Waals surface area contributed by atoms with E-state index in [0.29, 0.717) is 24.2 Å². The standard InChI is InChI=1S/C16H23N3O4S/c1-4-18(11-15(20)17-3)24(22,23)14-8-7-13(10-12(14)2)19-9-5-6-16(19)21/h7-8,10H,4-6,9,11H2,1-3H3,(H,17,20). The van der Waals surface area contributed by atoms with Gasteiger partial charge in [0.25, 0.3) is 0 Å². The minimum atomic E-state index is -3.77. The van der Waals surface area contributed by atoms with Crippen LogP contribution in [-0.4, -0.2) is 51.2 Å². The molecule has 8 heteroatoms. The van der Waals surface area contributed by atoms with Crippen molar-refractivity contribution in [3.63, 3.8) is 0 Å². The first kappa shape index (κ1) is 18.4. The molecule has 0 unspecified atom stereocenters. The number of amides is 2. The number of nitrogens with one attached hydrogen (secondary N) is 1. The smallest absolute Gasteiger partial charge is 0.243 e. The third kappa shape index (κ3) is 3.59. The molecule has 1 aromatic carbocycles. The summed E-state index contributed by atoms with van der Waals surface area (Å²) >= 11 is 0. The molecule has 0 radical (unpaired) electrons. The molecule has 1 fully saturated rings. The van der Waals surface area contributed by atoms with Crippen molar-refractivity contribution in [3.05, 3.63) is 23.8 Å². The summed E-state index contributed by atoms with van der Waals surface area (Å²) in [6.07, 6.45) is 1.34. The molecule has 1 aromatic rings. The number of likely N-dealkylation sites (N-methyl/N-ethyl adjacent to an activating group) is 2. The molecule has 2 rings (SSSR count). The lowest BCUT2D eigenvalue weighted by Crippen LogP contribution is -2.39. The SMILES string of the molecule is CCN(CC(=O)NC)S(=O)(=O)c1ccc(N2CCCC2=O)cc1C. The van der Waals surface area contributed by atoms with E-state index in [0.717, 1.165) is 10.7 Å². The molecule has 1 N–H and O–H groups in total. The maximum Gasteiger partial charge on any atom is 0.243 e. The minimum absolute atomic E-state index is 0.0554. The summed E-state index contributed by atoms with van der Waals surface area (Å²) in [4.78, 5) is 25.2. The normalized spacial score (nSPS) is 15.2. The Kier molecular flexibility index (Phi) is 5.61. The van der Waals surface area contributed by atoms with Gasteiger partial charge in [0, 0.05) is 32.2 Å². The van der Waals surface area contributed by atoms with E-state index in [9.17, 15) is 18.0 Å². The summed E-state index contributed by atoms with van der Waals surface area (Å²) in [5, 5.41) is 2.43. The maximum atomic E-state index is 12.8. The number of carbonyl (C=O) groups excluding carboxylic acids is 2. The molecule has 1 heterocycles. The molecule has 0 spiro atoms. The summed E-state index contributed by atoms with van der Waals surface area (Å²) < 4.78 is 26.7. The number of nitrogens with zero attached hydrogens (tertiary/aromatic N) is 2. The predicted molar refractivity (Wildman–Crippen MR) is 91.3 cm³/mol. The Balaban J connectivity index is 2.33. The summed E-state index contributed by atoms with van der Waals surface area (Å²) in [6.45, 7) is 4.02. The van der Waals surface area contributed by atoms with Crippen molar-refractivity contribution in [2.75, 3.05) is 31.6 Å². The number of benzene rings is 1. The Bertz CT molecular complexity index is 746. The summed E-state index contributed by atoms with van der Waals surface area (Å²) in [5.74, 6) is -0.308. The van der Waals surface area contributed by atoms with E-state index in [-0.39, 0.29) is 29.8 Å². The van der Waals surface area contributed by atoms with Crippen molar-refractivity contribution >= 4 is 27.5 Å². The second kappa shape index (κ2) is 7.31. The van der Waals surface area contributed by atoms with Gasteiger partial charge in [-0.05, 0) is 37.1 Å². The molecular weight excluding hydrogens is 330 g/mol. The molecule has 2 amide bonds. The van der Waals surface area contributed by atoms with Gasteiger partial charge in [0.2, 0.25) is 21.8 Å². The molecule has 1 aliphatic heterocycles. The lowest BCUT2D eigenvalue weighted by Gasteiger charge is -2.22. The topological polar surface area (TPSA) is 86.8 Å². The van der Waals surface area contributed by atoms with Crippen LogP contribution in [0.15, 0.2) is 23.1 Å². The molecule has 132 valence electrons. The highest BCUT2D eigenvalue weighted by atomic mass is 32.2. The molecule has 7 nitrogen and oxygen atoms in total. The molecule has 0 aromatic heterocycles. The van der Waals surface area contributed by atoms with Gasteiger partial charge in [-0.15, -0.1) is 0 Å². The lowest BCUT2D eigenvalue weighted by atomic mass is 10.2. The van der Waals surface area contributed by atoms with E-state index >= 15 is 0 Å². The summed E-state index contributed by atoms with van der Waals surface area (Å²) in [7, 11) is -2.30. The number of aryl methyl sites for hydroxylation is 1. The van der Waals surface area contributed by atoms with Gasteiger partial charge in [-0.25, -0.2) is 8.42 Å². The van der Waals surface area contributed by atoms with Gasteiger partial charge in [0.05, 0.1) is 11.4 Å². The highest BCUT2D eigenvalue weighted by Gasteiger charge is 2.28. The van der Waals surface area contributed by atoms with Crippen molar-refractivity contribution in [1.82, 2.24) is 9.62 Å². The highest BCUT2D eigenvalue weighted by molar-refractivity contribution is 7.89. The van der Waals surface area contributed by atoms with Gasteiger partial charge in [-0.2, -0.15) is 4.31 Å². The van der Waals surface area contributed by atoms with Crippen LogP contribution >= 0.6 is 0 Å². The zero-order chi connectivity index (χ0) is 17.9. The van der Waals surface area contributed by atoms with Crippen LogP contribution in [0, 0.1) is 6.92 Å². The second-order valence-corrected chi connectivity index (χ2v) is 7.61. The zero-order valence-corrected chi connectivity index (χ0v) is 15.0. The number of hydrogen-bond donors (Lipinski definition) is 1. The Labute approximate surface area is 142 Å². The van der Waals surface area contributed by atoms with Crippen LogP contribution in [0.25, 0.3) is 0 Å². The quantitative estimate of drug-likeness (QED) is 0.822. The van der Waals surface area contributed by atoms with Crippen LogP contribution in [0.5, 0.6) is 0 Å². The average Bonchev–Trinajstić information content (AvgIpc) is 2.97. The fourth-order valence-electron chi connectivity index (χ4n) is 2.76. The minimum Gasteiger partial charge on any atom is -0.358 e. The monoisotopic (exact) mass is 353 g/mol. The average molecular weight is 353 g/mol. The predicted octanol–water partition coefficient (Wildman–Crippen LogP) is 0.878. The van der Waals surface area contributed by atoms with Crippen LogP contribution in [0.2, 0.25) is 0 Å². The Morgan fingerprint density at radius 2 is 2.08 bits per heavy atom. The van der Waals surface area contributed by atoms with Crippen LogP contribution in [0.1, 0.15) is 25.3 Å². The van der Waals surface area contributed by atoms with Crippen molar-refractivity contribution < 1.29 is 18.0 Å². The molecule has 0 bridgehead atoms. The fourth-order valence-corrected chi connectivity index (χ4v) is 4.37. The van der Waals surface area contributed by atoms with Gasteiger partial charge in [0.15, 0.2) is 0 Å². The van der Waals surface area contributed by atoms with E-state index < -0.39 is 10.0 Å². The van der Waals surface area contributed by atoms with Crippen LogP contribution in [0.3, 0.4) is 0 Å². The van der Waals surface area contributed by atoms with E-state index in [1.807, 2.05) is 0 Å². The molecule has 1 saturated heterocycles. The molecule has 24 heavy (non-hydrogen) atoms. The van der Waals surface area contributed by atoms with E-state index in [2.05, 4.69) is 5.32 Å². The summed E-state index contributed by atoms with van der Waals surface area (Å²) in [6, 6.07) is 4.87. The Morgan fingerprint density at radius 3 is 2.58 bits per heavy atom. The first-order chi connectivity index (χ1) is 11.3. The van der Waals surface area contributed by atoms with Gasteiger partial charge in [0.1, 0.15) is 0 Å². The lowest BCUT2D eigenvalue weighted by molar-refractivity contribution is -0.120. The van der Waals surface area contributed by atoms with Crippen LogP contribution < -0.4 is 10.2 Å². The first-order valence-corrected chi connectivity index (χ1v) is 9.37. The van der Waals surface area contributed by atoms with Gasteiger partial charge < -0.3 is 10.2 Å². The van der Waals surface area contributed by atoms with Gasteiger partial charge in [-0.3, -0.25) is 9.59 Å². The zero-order valence-electron chi connectivity index (χ0n) is 14.2. The Hall–Kier alpha value is -1.93. The van der Waals surface area contributed by atoms with Crippen molar-refractivity contribution in [2.45, 2.75) is 31.6 Å². The second-order valence-electron chi connectivity index (χ2n) is 5.70. The van der Waals surface area contributed by atoms with E-state index in [4.69, 9.17) is 0 Å². The highest BCUT2D eigenvalue weighted by Crippen LogP contribution is 2.27. The van der Waals surface area contributed by atoms with E-state index in [1.165, 1.54) is 13.1 Å². The maximum absolute atomic E-state index is 12.8. The van der Waals surface area contributed by atoms with Crippen LogP contribution in [-0.2, 0) is 19.6 Å². The summed E-state index contributed by atoms with van der Waals surface area (Å²) in [5.41, 5.74) is 1.27. The van der Waals surface area contributed by atoms with Crippen molar-refractivity contribution in [2.24, 2.45) is 0 Å². The number of anilines is 1. The number of sulfonamides is 1. The van der Waals surface area contributed by atoms with Gasteiger partial charge >= 0.3 is 0 Å². The van der Waals surface area contributed by atoms with Crippen molar-refractivity contribution in [3.8, 4) is 0 Å². The largest absolute Gasteiger partial charge is 0.358 e. The number of hydrogen-bond acceptors (Lipinski definition) is 4. The third-order valence-electron chi connectivity index (χ3n) is 4.11. The van der Waals surface area contributed by atoms with Crippen molar-refractivity contribution in [1.29, 1.82) is 0 Å². The molecule has 1 aliphatic rings. The number of carbonyl (C=O) groups is 2. The van der Waals surface area contributed by atoms with Crippen LogP contribution in [0.4, 0.5) is 5.69 Å². The fraction of sp³-hybridized carbons (Fsp3) is 0.500. The van der Waals surface area contributed by atoms with Gasteiger partial charge in [-0.1, -0.05) is 6.92 Å². The molecule has 0 saturated carbocycles. The Morgan fingerprint density at radius 1 is 1.38 bits per heavy atom. The number of rotatable bonds is 6. The first-order valence-electron chi connectivity index (χ1n) is 7.93. The van der Waals surface area contributed by atoms with E-state index in [1.54, 1.807) is 30.9 Å². The molecule has 0 atom stereocenters. The molecule has 0 aliphatic carbocycles.